The molecule has 1 aliphatic carbocycles. The molecule has 2 N–H and O–H groups in total. The lowest BCUT2D eigenvalue weighted by Gasteiger charge is -2.33. The SMILES string of the molecule is COc1ccccc1/C=C/[C@@H]1[C@@H](O)[C@H](O)C=C[C@@H]1c1ccccc1OC. The molecule has 0 fully saturated rings. The van der Waals surface area contributed by atoms with Crippen LogP contribution >= 0.6 is 0 Å². The summed E-state index contributed by atoms with van der Waals surface area (Å²) in [6.45, 7) is 0. The van der Waals surface area contributed by atoms with Gasteiger partial charge < -0.3 is 19.7 Å². The first-order valence-electron chi connectivity index (χ1n) is 8.64. The highest BCUT2D eigenvalue weighted by molar-refractivity contribution is 5.58. The van der Waals surface area contributed by atoms with Crippen molar-refractivity contribution in [1.82, 2.24) is 0 Å². The Morgan fingerprint density at radius 1 is 0.846 bits per heavy atom. The smallest absolute Gasteiger partial charge is 0.126 e. The zero-order chi connectivity index (χ0) is 18.5. The van der Waals surface area contributed by atoms with Gasteiger partial charge in [0.05, 0.1) is 26.4 Å². The summed E-state index contributed by atoms with van der Waals surface area (Å²) < 4.78 is 10.9. The molecule has 3 rings (SSSR count). The van der Waals surface area contributed by atoms with Crippen LogP contribution in [0.5, 0.6) is 11.5 Å². The van der Waals surface area contributed by atoms with Crippen LogP contribution < -0.4 is 9.47 Å². The van der Waals surface area contributed by atoms with Gasteiger partial charge in [-0.3, -0.25) is 0 Å². The molecule has 0 saturated carbocycles. The highest BCUT2D eigenvalue weighted by atomic mass is 16.5. The van der Waals surface area contributed by atoms with E-state index in [1.165, 1.54) is 0 Å². The second-order valence-electron chi connectivity index (χ2n) is 6.31. The van der Waals surface area contributed by atoms with E-state index in [1.807, 2.05) is 66.8 Å². The molecule has 0 saturated heterocycles. The Balaban J connectivity index is 1.98. The van der Waals surface area contributed by atoms with Gasteiger partial charge in [0.15, 0.2) is 0 Å². The van der Waals surface area contributed by atoms with Crippen LogP contribution in [0, 0.1) is 5.92 Å². The van der Waals surface area contributed by atoms with Crippen molar-refractivity contribution in [3.8, 4) is 11.5 Å². The summed E-state index contributed by atoms with van der Waals surface area (Å²) >= 11 is 0. The second-order valence-corrected chi connectivity index (χ2v) is 6.31. The zero-order valence-electron chi connectivity index (χ0n) is 14.9. The Morgan fingerprint density at radius 3 is 2.23 bits per heavy atom. The van der Waals surface area contributed by atoms with Crippen molar-refractivity contribution in [3.63, 3.8) is 0 Å². The summed E-state index contributed by atoms with van der Waals surface area (Å²) in [6, 6.07) is 15.5. The molecule has 2 aromatic rings. The summed E-state index contributed by atoms with van der Waals surface area (Å²) in [5.74, 6) is 1.13. The van der Waals surface area contributed by atoms with Crippen LogP contribution in [0.3, 0.4) is 0 Å². The average Bonchev–Trinajstić information content (AvgIpc) is 2.69. The predicted octanol–water partition coefficient (Wildman–Crippen LogP) is 3.41. The van der Waals surface area contributed by atoms with Gasteiger partial charge in [0.1, 0.15) is 11.5 Å². The number of hydrogen-bond donors (Lipinski definition) is 2. The van der Waals surface area contributed by atoms with E-state index >= 15 is 0 Å². The Kier molecular flexibility index (Phi) is 5.76. The molecule has 0 aliphatic heterocycles. The minimum Gasteiger partial charge on any atom is -0.496 e. The lowest BCUT2D eigenvalue weighted by molar-refractivity contribution is 0.0108. The van der Waals surface area contributed by atoms with E-state index in [4.69, 9.17) is 9.47 Å². The van der Waals surface area contributed by atoms with Gasteiger partial charge in [0, 0.05) is 23.0 Å². The van der Waals surface area contributed by atoms with Crippen LogP contribution in [-0.4, -0.2) is 36.6 Å². The number of aliphatic hydroxyl groups excluding tert-OH is 2. The standard InChI is InChI=1S/C22H24O4/c1-25-20-9-5-3-7-15(20)11-12-18-16(13-14-19(23)22(18)24)17-8-4-6-10-21(17)26-2/h3-14,16,18-19,22-24H,1-2H3/b12-11+/t16-,18+,19-,22-/m1/s1. The third-order valence-electron chi connectivity index (χ3n) is 4.81. The van der Waals surface area contributed by atoms with Crippen LogP contribution in [0.1, 0.15) is 17.0 Å². The minimum absolute atomic E-state index is 0.101. The van der Waals surface area contributed by atoms with E-state index in [-0.39, 0.29) is 11.8 Å². The first-order valence-corrected chi connectivity index (χ1v) is 8.64. The molecule has 0 amide bonds. The van der Waals surface area contributed by atoms with Gasteiger partial charge in [0.2, 0.25) is 0 Å². The quantitative estimate of drug-likeness (QED) is 0.810. The van der Waals surface area contributed by atoms with E-state index in [2.05, 4.69) is 0 Å². The Hall–Kier alpha value is -2.56. The van der Waals surface area contributed by atoms with Crippen molar-refractivity contribution in [2.45, 2.75) is 18.1 Å². The van der Waals surface area contributed by atoms with E-state index in [9.17, 15) is 10.2 Å². The molecule has 0 aromatic heterocycles. The fourth-order valence-corrected chi connectivity index (χ4v) is 3.42. The molecule has 1 aliphatic rings. The molecule has 136 valence electrons. The van der Waals surface area contributed by atoms with Gasteiger partial charge in [-0.05, 0) is 12.1 Å². The number of benzene rings is 2. The first-order chi connectivity index (χ1) is 12.7. The fourth-order valence-electron chi connectivity index (χ4n) is 3.42. The van der Waals surface area contributed by atoms with Crippen LogP contribution in [0.15, 0.2) is 66.8 Å². The number of rotatable bonds is 5. The Labute approximate surface area is 154 Å². The lowest BCUT2D eigenvalue weighted by atomic mass is 9.76. The van der Waals surface area contributed by atoms with Gasteiger partial charge in [0.25, 0.3) is 0 Å². The second kappa shape index (κ2) is 8.21. The van der Waals surface area contributed by atoms with Gasteiger partial charge in [-0.25, -0.2) is 0 Å². The molecule has 0 heterocycles. The predicted molar refractivity (Wildman–Crippen MR) is 102 cm³/mol. The zero-order valence-corrected chi connectivity index (χ0v) is 14.9. The molecule has 0 spiro atoms. The monoisotopic (exact) mass is 352 g/mol. The molecular weight excluding hydrogens is 328 g/mol. The average molecular weight is 352 g/mol. The van der Waals surface area contributed by atoms with Gasteiger partial charge in [-0.2, -0.15) is 0 Å². The number of hydrogen-bond acceptors (Lipinski definition) is 4. The van der Waals surface area contributed by atoms with Crippen molar-refractivity contribution in [2.24, 2.45) is 5.92 Å². The normalized spacial score (nSPS) is 25.4. The lowest BCUT2D eigenvalue weighted by Crippen LogP contribution is -2.37. The van der Waals surface area contributed by atoms with E-state index in [0.29, 0.717) is 0 Å². The number of para-hydroxylation sites is 2. The summed E-state index contributed by atoms with van der Waals surface area (Å²) in [4.78, 5) is 0. The maximum atomic E-state index is 10.6. The van der Waals surface area contributed by atoms with Crippen molar-refractivity contribution in [2.75, 3.05) is 14.2 Å². The minimum atomic E-state index is -0.902. The number of methoxy groups -OCH3 is 2. The topological polar surface area (TPSA) is 58.9 Å². The highest BCUT2D eigenvalue weighted by Gasteiger charge is 2.34. The molecule has 2 aromatic carbocycles. The van der Waals surface area contributed by atoms with Gasteiger partial charge >= 0.3 is 0 Å². The molecule has 4 atom stereocenters. The molecule has 4 nitrogen and oxygen atoms in total. The molecule has 0 bridgehead atoms. The fraction of sp³-hybridized carbons (Fsp3) is 0.273. The van der Waals surface area contributed by atoms with Crippen molar-refractivity contribution in [3.05, 3.63) is 77.9 Å². The summed E-state index contributed by atoms with van der Waals surface area (Å²) in [7, 11) is 3.27. The number of ether oxygens (including phenoxy) is 2. The van der Waals surface area contributed by atoms with E-state index < -0.39 is 12.2 Å². The largest absolute Gasteiger partial charge is 0.496 e. The van der Waals surface area contributed by atoms with E-state index in [0.717, 1.165) is 22.6 Å². The maximum Gasteiger partial charge on any atom is 0.126 e. The number of allylic oxidation sites excluding steroid dienone is 1. The van der Waals surface area contributed by atoms with Crippen molar-refractivity contribution >= 4 is 6.08 Å². The third-order valence-corrected chi connectivity index (χ3v) is 4.81. The van der Waals surface area contributed by atoms with Crippen LogP contribution in [0.2, 0.25) is 0 Å². The van der Waals surface area contributed by atoms with Crippen LogP contribution in [0.25, 0.3) is 6.08 Å². The van der Waals surface area contributed by atoms with Gasteiger partial charge in [-0.15, -0.1) is 0 Å². The molecule has 26 heavy (non-hydrogen) atoms. The molecular formula is C22H24O4. The van der Waals surface area contributed by atoms with Crippen molar-refractivity contribution in [1.29, 1.82) is 0 Å². The molecule has 0 radical (unpaired) electrons. The molecule has 4 heteroatoms. The summed E-state index contributed by atoms with van der Waals surface area (Å²) in [5.41, 5.74) is 1.90. The van der Waals surface area contributed by atoms with Crippen LogP contribution in [-0.2, 0) is 0 Å². The Morgan fingerprint density at radius 2 is 1.50 bits per heavy atom. The number of aliphatic hydroxyl groups is 2. The third kappa shape index (κ3) is 3.66. The summed E-state index contributed by atoms with van der Waals surface area (Å²) in [6.07, 6.45) is 5.66. The van der Waals surface area contributed by atoms with Crippen LogP contribution in [0.4, 0.5) is 0 Å². The summed E-state index contributed by atoms with van der Waals surface area (Å²) in [5, 5.41) is 20.7. The maximum absolute atomic E-state index is 10.6. The molecule has 0 unspecified atom stereocenters. The highest BCUT2D eigenvalue weighted by Crippen LogP contribution is 2.39. The van der Waals surface area contributed by atoms with Crippen molar-refractivity contribution < 1.29 is 19.7 Å². The van der Waals surface area contributed by atoms with E-state index in [1.54, 1.807) is 20.3 Å². The Bertz CT molecular complexity index is 796. The van der Waals surface area contributed by atoms with Gasteiger partial charge in [-0.1, -0.05) is 60.7 Å². The first kappa shape index (κ1) is 18.2.